The zero-order chi connectivity index (χ0) is 9.38. The first-order chi connectivity index (χ1) is 6.92. The molecule has 3 nitrogen and oxygen atoms in total. The van der Waals surface area contributed by atoms with E-state index in [0.717, 1.165) is 12.5 Å². The van der Waals surface area contributed by atoms with Gasteiger partial charge < -0.3 is 15.4 Å². The Kier molecular flexibility index (Phi) is 2.48. The van der Waals surface area contributed by atoms with E-state index >= 15 is 0 Å². The third-order valence-corrected chi connectivity index (χ3v) is 3.96. The van der Waals surface area contributed by atoms with Crippen molar-refractivity contribution in [1.29, 1.82) is 0 Å². The summed E-state index contributed by atoms with van der Waals surface area (Å²) in [6.45, 7) is 3.51. The number of rotatable bonds is 3. The highest BCUT2D eigenvalue weighted by molar-refractivity contribution is 4.91. The molecule has 0 aromatic rings. The molecule has 3 fully saturated rings. The van der Waals surface area contributed by atoms with Crippen LogP contribution in [0.25, 0.3) is 0 Å². The minimum atomic E-state index is 0.585. The summed E-state index contributed by atoms with van der Waals surface area (Å²) in [5, 5.41) is 7.05. The van der Waals surface area contributed by atoms with E-state index in [2.05, 4.69) is 10.6 Å². The highest BCUT2D eigenvalue weighted by Gasteiger charge is 2.40. The van der Waals surface area contributed by atoms with Crippen LogP contribution in [0.2, 0.25) is 0 Å². The van der Waals surface area contributed by atoms with Crippen molar-refractivity contribution < 1.29 is 4.74 Å². The van der Waals surface area contributed by atoms with Gasteiger partial charge in [0, 0.05) is 25.0 Å². The van der Waals surface area contributed by atoms with Gasteiger partial charge in [0.25, 0.3) is 0 Å². The number of nitrogens with one attached hydrogen (secondary N) is 2. The molecule has 14 heavy (non-hydrogen) atoms. The first-order valence-electron chi connectivity index (χ1n) is 6.01. The van der Waals surface area contributed by atoms with Gasteiger partial charge in [-0.25, -0.2) is 0 Å². The van der Waals surface area contributed by atoms with Gasteiger partial charge in [-0.05, 0) is 32.2 Å². The van der Waals surface area contributed by atoms with E-state index in [4.69, 9.17) is 4.74 Å². The van der Waals surface area contributed by atoms with Crippen molar-refractivity contribution in [2.75, 3.05) is 19.6 Å². The zero-order valence-corrected chi connectivity index (χ0v) is 8.67. The van der Waals surface area contributed by atoms with E-state index < -0.39 is 0 Å². The molecule has 4 atom stereocenters. The Bertz CT molecular complexity index is 203. The zero-order valence-electron chi connectivity index (χ0n) is 8.67. The van der Waals surface area contributed by atoms with Crippen molar-refractivity contribution in [3.63, 3.8) is 0 Å². The van der Waals surface area contributed by atoms with Crippen LogP contribution in [0.3, 0.4) is 0 Å². The summed E-state index contributed by atoms with van der Waals surface area (Å²) in [6, 6.07) is 0.717. The first-order valence-corrected chi connectivity index (χ1v) is 6.01. The number of ether oxygens (including phenoxy) is 1. The SMILES string of the molecule is C1C[C@H](NCC2CC3CCC2O3)CN1. The molecule has 3 heteroatoms. The van der Waals surface area contributed by atoms with Gasteiger partial charge in [-0.3, -0.25) is 0 Å². The van der Waals surface area contributed by atoms with Crippen LogP contribution in [0.15, 0.2) is 0 Å². The van der Waals surface area contributed by atoms with Crippen LogP contribution in [0.1, 0.15) is 25.7 Å². The van der Waals surface area contributed by atoms with Crippen molar-refractivity contribution in [3.05, 3.63) is 0 Å². The van der Waals surface area contributed by atoms with Crippen LogP contribution in [0.5, 0.6) is 0 Å². The molecular formula is C11H20N2O. The van der Waals surface area contributed by atoms with Crippen LogP contribution < -0.4 is 10.6 Å². The Morgan fingerprint density at radius 1 is 1.29 bits per heavy atom. The maximum Gasteiger partial charge on any atom is 0.0621 e. The first kappa shape index (κ1) is 9.13. The lowest BCUT2D eigenvalue weighted by Gasteiger charge is -2.21. The minimum absolute atomic E-state index is 0.585. The van der Waals surface area contributed by atoms with Crippen molar-refractivity contribution in [2.45, 2.75) is 43.9 Å². The topological polar surface area (TPSA) is 33.3 Å². The summed E-state index contributed by atoms with van der Waals surface area (Å²) in [4.78, 5) is 0. The van der Waals surface area contributed by atoms with Gasteiger partial charge in [0.1, 0.15) is 0 Å². The van der Waals surface area contributed by atoms with E-state index in [-0.39, 0.29) is 0 Å². The lowest BCUT2D eigenvalue weighted by Crippen LogP contribution is -2.37. The highest BCUT2D eigenvalue weighted by Crippen LogP contribution is 2.38. The maximum absolute atomic E-state index is 5.84. The second kappa shape index (κ2) is 3.80. The summed E-state index contributed by atoms with van der Waals surface area (Å²) in [6.07, 6.45) is 6.40. The molecule has 0 spiro atoms. The van der Waals surface area contributed by atoms with Gasteiger partial charge in [-0.2, -0.15) is 0 Å². The van der Waals surface area contributed by atoms with Crippen molar-refractivity contribution in [1.82, 2.24) is 10.6 Å². The van der Waals surface area contributed by atoms with Gasteiger partial charge >= 0.3 is 0 Å². The van der Waals surface area contributed by atoms with Crippen molar-refractivity contribution in [2.24, 2.45) is 5.92 Å². The van der Waals surface area contributed by atoms with Crippen LogP contribution in [0, 0.1) is 5.92 Å². The van der Waals surface area contributed by atoms with Crippen LogP contribution in [-0.4, -0.2) is 37.9 Å². The second-order valence-electron chi connectivity index (χ2n) is 4.97. The van der Waals surface area contributed by atoms with E-state index in [1.807, 2.05) is 0 Å². The molecule has 0 saturated carbocycles. The lowest BCUT2D eigenvalue weighted by atomic mass is 9.89. The summed E-state index contributed by atoms with van der Waals surface area (Å²) in [7, 11) is 0. The molecule has 0 radical (unpaired) electrons. The predicted molar refractivity (Wildman–Crippen MR) is 55.3 cm³/mol. The number of hydrogen-bond acceptors (Lipinski definition) is 3. The Morgan fingerprint density at radius 2 is 2.29 bits per heavy atom. The molecular weight excluding hydrogens is 176 g/mol. The molecule has 2 N–H and O–H groups in total. The molecule has 80 valence electrons. The molecule has 0 aliphatic carbocycles. The molecule has 3 rings (SSSR count). The third-order valence-electron chi connectivity index (χ3n) is 3.96. The summed E-state index contributed by atoms with van der Waals surface area (Å²) < 4.78 is 5.84. The summed E-state index contributed by atoms with van der Waals surface area (Å²) in [5.41, 5.74) is 0. The third kappa shape index (κ3) is 1.69. The molecule has 0 aromatic carbocycles. The minimum Gasteiger partial charge on any atom is -0.375 e. The van der Waals surface area contributed by atoms with Crippen LogP contribution in [-0.2, 0) is 4.74 Å². The molecule has 3 unspecified atom stereocenters. The van der Waals surface area contributed by atoms with E-state index in [1.165, 1.54) is 38.8 Å². The monoisotopic (exact) mass is 196 g/mol. The maximum atomic E-state index is 5.84. The van der Waals surface area contributed by atoms with E-state index in [9.17, 15) is 0 Å². The van der Waals surface area contributed by atoms with Crippen molar-refractivity contribution in [3.8, 4) is 0 Å². The van der Waals surface area contributed by atoms with Crippen LogP contribution >= 0.6 is 0 Å². The predicted octanol–water partition coefficient (Wildman–Crippen LogP) is 0.505. The molecule has 0 amide bonds. The quantitative estimate of drug-likeness (QED) is 0.690. The Labute approximate surface area is 85.6 Å². The Hall–Kier alpha value is -0.120. The highest BCUT2D eigenvalue weighted by atomic mass is 16.5. The fourth-order valence-corrected chi connectivity index (χ4v) is 3.10. The normalized spacial score (nSPS) is 46.3. The molecule has 2 bridgehead atoms. The smallest absolute Gasteiger partial charge is 0.0621 e. The Morgan fingerprint density at radius 3 is 2.93 bits per heavy atom. The Balaban J connectivity index is 1.44. The van der Waals surface area contributed by atoms with Gasteiger partial charge in [0.2, 0.25) is 0 Å². The summed E-state index contributed by atoms with van der Waals surface area (Å²) >= 11 is 0. The van der Waals surface area contributed by atoms with Gasteiger partial charge in [0.05, 0.1) is 12.2 Å². The van der Waals surface area contributed by atoms with E-state index in [1.54, 1.807) is 0 Å². The molecule has 3 aliphatic heterocycles. The van der Waals surface area contributed by atoms with Crippen LogP contribution in [0.4, 0.5) is 0 Å². The molecule has 3 aliphatic rings. The van der Waals surface area contributed by atoms with E-state index in [0.29, 0.717) is 18.2 Å². The average Bonchev–Trinajstić information content (AvgIpc) is 2.91. The summed E-state index contributed by atoms with van der Waals surface area (Å²) in [5.74, 6) is 0.800. The standard InChI is InChI=1S/C11H20N2O/c1-2-11-8(5-10(1)14-11)6-13-9-3-4-12-7-9/h8-13H,1-7H2/t8?,9-,10?,11?/m0/s1. The van der Waals surface area contributed by atoms with Gasteiger partial charge in [-0.15, -0.1) is 0 Å². The van der Waals surface area contributed by atoms with Gasteiger partial charge in [-0.1, -0.05) is 0 Å². The fraction of sp³-hybridized carbons (Fsp3) is 1.00. The molecule has 0 aromatic heterocycles. The largest absolute Gasteiger partial charge is 0.375 e. The molecule has 3 saturated heterocycles. The fourth-order valence-electron chi connectivity index (χ4n) is 3.10. The number of hydrogen-bond donors (Lipinski definition) is 2. The second-order valence-corrected chi connectivity index (χ2v) is 4.97. The average molecular weight is 196 g/mol. The number of fused-ring (bicyclic) bond motifs is 2. The lowest BCUT2D eigenvalue weighted by molar-refractivity contribution is 0.0920. The van der Waals surface area contributed by atoms with Crippen molar-refractivity contribution >= 4 is 0 Å². The molecule has 3 heterocycles. The van der Waals surface area contributed by atoms with Gasteiger partial charge in [0.15, 0.2) is 0 Å².